The summed E-state index contributed by atoms with van der Waals surface area (Å²) in [6.45, 7) is 3.96. The van der Waals surface area contributed by atoms with Crippen LogP contribution in [0.2, 0.25) is 0 Å². The molecule has 148 valence electrons. The maximum absolute atomic E-state index is 12.8. The molecule has 0 aliphatic rings. The number of hydrogen-bond donors (Lipinski definition) is 1. The first-order valence-corrected chi connectivity index (χ1v) is 11.3. The van der Waals surface area contributed by atoms with Gasteiger partial charge in [0.1, 0.15) is 0 Å². The molecule has 0 aliphatic carbocycles. The molecule has 0 fully saturated rings. The van der Waals surface area contributed by atoms with Gasteiger partial charge in [0.05, 0.1) is 9.77 Å². The van der Waals surface area contributed by atoms with E-state index in [9.17, 15) is 8.42 Å². The van der Waals surface area contributed by atoms with Gasteiger partial charge in [0.2, 0.25) is 15.8 Å². The van der Waals surface area contributed by atoms with E-state index in [1.165, 1.54) is 11.3 Å². The first-order chi connectivity index (χ1) is 13.9. The van der Waals surface area contributed by atoms with E-state index in [1.54, 1.807) is 13.0 Å². The van der Waals surface area contributed by atoms with Crippen LogP contribution in [-0.4, -0.2) is 18.6 Å². The van der Waals surface area contributed by atoms with Gasteiger partial charge in [-0.15, -0.1) is 11.3 Å². The second kappa shape index (κ2) is 7.90. The van der Waals surface area contributed by atoms with Crippen molar-refractivity contribution in [1.82, 2.24) is 14.9 Å². The molecule has 4 rings (SSSR count). The van der Waals surface area contributed by atoms with Crippen LogP contribution in [0.1, 0.15) is 16.0 Å². The van der Waals surface area contributed by atoms with Gasteiger partial charge in [0.25, 0.3) is 5.89 Å². The predicted molar refractivity (Wildman–Crippen MR) is 113 cm³/mol. The Kier molecular flexibility index (Phi) is 5.31. The van der Waals surface area contributed by atoms with Gasteiger partial charge in [-0.05, 0) is 31.0 Å². The summed E-state index contributed by atoms with van der Waals surface area (Å²) in [6.07, 6.45) is 0. The Morgan fingerprint density at radius 3 is 2.52 bits per heavy atom. The van der Waals surface area contributed by atoms with Crippen LogP contribution in [0.4, 0.5) is 0 Å². The van der Waals surface area contributed by atoms with E-state index in [0.717, 1.165) is 16.7 Å². The summed E-state index contributed by atoms with van der Waals surface area (Å²) in [5, 5.41) is 4.01. The zero-order valence-electron chi connectivity index (χ0n) is 15.9. The summed E-state index contributed by atoms with van der Waals surface area (Å²) in [7, 11) is -3.67. The van der Waals surface area contributed by atoms with Gasteiger partial charge in [-0.25, -0.2) is 13.1 Å². The second-order valence-electron chi connectivity index (χ2n) is 6.57. The van der Waals surface area contributed by atoms with Crippen molar-refractivity contribution in [2.75, 3.05) is 0 Å². The third-order valence-corrected chi connectivity index (χ3v) is 7.24. The van der Waals surface area contributed by atoms with Crippen molar-refractivity contribution in [2.24, 2.45) is 0 Å². The highest BCUT2D eigenvalue weighted by Gasteiger charge is 2.23. The number of aryl methyl sites for hydroxylation is 2. The van der Waals surface area contributed by atoms with Crippen molar-refractivity contribution in [3.8, 4) is 22.2 Å². The molecule has 1 N–H and O–H groups in total. The average molecular weight is 426 g/mol. The molecular formula is C21H19N3O3S2. The maximum Gasteiger partial charge on any atom is 0.268 e. The average Bonchev–Trinajstić information content (AvgIpc) is 3.35. The van der Waals surface area contributed by atoms with Gasteiger partial charge < -0.3 is 4.52 Å². The zero-order chi connectivity index (χ0) is 20.4. The fourth-order valence-electron chi connectivity index (χ4n) is 2.92. The Morgan fingerprint density at radius 2 is 1.76 bits per heavy atom. The van der Waals surface area contributed by atoms with Gasteiger partial charge in [0.15, 0.2) is 0 Å². The number of sulfonamides is 1. The Labute approximate surface area is 173 Å². The lowest BCUT2D eigenvalue weighted by atomic mass is 10.1. The van der Waals surface area contributed by atoms with Crippen LogP contribution in [0.25, 0.3) is 22.2 Å². The smallest absolute Gasteiger partial charge is 0.268 e. The second-order valence-corrected chi connectivity index (χ2v) is 9.56. The topological polar surface area (TPSA) is 85.1 Å². The normalized spacial score (nSPS) is 11.7. The zero-order valence-corrected chi connectivity index (χ0v) is 17.5. The Morgan fingerprint density at radius 1 is 1.03 bits per heavy atom. The van der Waals surface area contributed by atoms with Crippen molar-refractivity contribution >= 4 is 21.4 Å². The number of nitrogens with zero attached hydrogens (tertiary/aromatic N) is 2. The van der Waals surface area contributed by atoms with Crippen molar-refractivity contribution < 1.29 is 12.9 Å². The lowest BCUT2D eigenvalue weighted by Gasteiger charge is -2.08. The third kappa shape index (κ3) is 4.14. The van der Waals surface area contributed by atoms with Gasteiger partial charge in [0, 0.05) is 17.0 Å². The van der Waals surface area contributed by atoms with Gasteiger partial charge in [-0.2, -0.15) is 4.98 Å². The molecule has 0 amide bonds. The van der Waals surface area contributed by atoms with Crippen molar-refractivity contribution in [1.29, 1.82) is 0 Å². The van der Waals surface area contributed by atoms with Crippen molar-refractivity contribution in [2.45, 2.75) is 25.3 Å². The van der Waals surface area contributed by atoms with E-state index in [1.807, 2.05) is 61.5 Å². The number of benzene rings is 2. The molecule has 0 spiro atoms. The standard InChI is InChI=1S/C21H19N3O3S2/c1-14-8-6-7-11-17(14)13-22-29(25,26)19-12-18(28-15(19)2)21-23-20(24-27-21)16-9-4-3-5-10-16/h3-12,22H,13H2,1-2H3. The SMILES string of the molecule is Cc1ccccc1CNS(=O)(=O)c1cc(-c2nc(-c3ccccc3)no2)sc1C. The van der Waals surface area contributed by atoms with Crippen LogP contribution in [-0.2, 0) is 16.6 Å². The molecule has 0 radical (unpaired) electrons. The fourth-order valence-corrected chi connectivity index (χ4v) is 5.44. The lowest BCUT2D eigenvalue weighted by molar-refractivity contribution is 0.433. The third-order valence-electron chi connectivity index (χ3n) is 4.54. The molecule has 2 aromatic heterocycles. The van der Waals surface area contributed by atoms with E-state index in [0.29, 0.717) is 21.5 Å². The van der Waals surface area contributed by atoms with Gasteiger partial charge in [-0.1, -0.05) is 59.8 Å². The van der Waals surface area contributed by atoms with Crippen LogP contribution in [0.5, 0.6) is 0 Å². The molecule has 0 saturated heterocycles. The molecule has 0 bridgehead atoms. The summed E-state index contributed by atoms with van der Waals surface area (Å²) in [5.74, 6) is 0.769. The molecule has 2 aromatic carbocycles. The number of nitrogens with one attached hydrogen (secondary N) is 1. The van der Waals surface area contributed by atoms with E-state index in [4.69, 9.17) is 4.52 Å². The molecule has 0 saturated carbocycles. The summed E-state index contributed by atoms with van der Waals surface area (Å²) in [6, 6.07) is 18.7. The Balaban J connectivity index is 1.58. The first kappa shape index (κ1) is 19.5. The quantitative estimate of drug-likeness (QED) is 0.489. The first-order valence-electron chi connectivity index (χ1n) is 8.98. The molecule has 6 nitrogen and oxygen atoms in total. The maximum atomic E-state index is 12.8. The summed E-state index contributed by atoms with van der Waals surface area (Å²) < 4.78 is 33.7. The van der Waals surface area contributed by atoms with E-state index in [-0.39, 0.29) is 11.4 Å². The number of thiophene rings is 1. The Bertz CT molecular complexity index is 1250. The van der Waals surface area contributed by atoms with Crippen LogP contribution in [0, 0.1) is 13.8 Å². The number of rotatable bonds is 6. The summed E-state index contributed by atoms with van der Waals surface area (Å²) >= 11 is 1.31. The highest BCUT2D eigenvalue weighted by atomic mass is 32.2. The summed E-state index contributed by atoms with van der Waals surface area (Å²) in [4.78, 5) is 5.92. The molecular weight excluding hydrogens is 406 g/mol. The summed E-state index contributed by atoms with van der Waals surface area (Å²) in [5.41, 5.74) is 2.81. The minimum atomic E-state index is -3.67. The Hall–Kier alpha value is -2.81. The molecule has 0 atom stereocenters. The molecule has 8 heteroatoms. The number of hydrogen-bond acceptors (Lipinski definition) is 6. The minimum Gasteiger partial charge on any atom is -0.333 e. The fraction of sp³-hybridized carbons (Fsp3) is 0.143. The largest absolute Gasteiger partial charge is 0.333 e. The van der Waals surface area contributed by atoms with Crippen LogP contribution >= 0.6 is 11.3 Å². The molecule has 4 aromatic rings. The molecule has 0 aliphatic heterocycles. The highest BCUT2D eigenvalue weighted by molar-refractivity contribution is 7.89. The van der Waals surface area contributed by atoms with Crippen LogP contribution < -0.4 is 4.72 Å². The minimum absolute atomic E-state index is 0.227. The number of aromatic nitrogens is 2. The predicted octanol–water partition coefficient (Wildman–Crippen LogP) is 4.56. The van der Waals surface area contributed by atoms with Crippen molar-refractivity contribution in [3.63, 3.8) is 0 Å². The highest BCUT2D eigenvalue weighted by Crippen LogP contribution is 2.33. The van der Waals surface area contributed by atoms with E-state index >= 15 is 0 Å². The van der Waals surface area contributed by atoms with Gasteiger partial charge >= 0.3 is 0 Å². The molecule has 0 unspecified atom stereocenters. The van der Waals surface area contributed by atoms with E-state index in [2.05, 4.69) is 14.9 Å². The molecule has 29 heavy (non-hydrogen) atoms. The van der Waals surface area contributed by atoms with Crippen LogP contribution in [0.3, 0.4) is 0 Å². The van der Waals surface area contributed by atoms with Crippen LogP contribution in [0.15, 0.2) is 70.1 Å². The van der Waals surface area contributed by atoms with Gasteiger partial charge in [-0.3, -0.25) is 0 Å². The molecule has 2 heterocycles. The van der Waals surface area contributed by atoms with E-state index < -0.39 is 10.0 Å². The lowest BCUT2D eigenvalue weighted by Crippen LogP contribution is -2.23. The van der Waals surface area contributed by atoms with Crippen molar-refractivity contribution in [3.05, 3.63) is 76.7 Å². The monoisotopic (exact) mass is 425 g/mol.